The SMILES string of the molecule is O=C(CCc1ccc2c(c1)OCO2)NCc1ccc(C(=O)N2CCCC2)cc1. The number of carbonyl (C=O) groups is 2. The Morgan fingerprint density at radius 3 is 2.43 bits per heavy atom. The van der Waals surface area contributed by atoms with Crippen LogP contribution >= 0.6 is 0 Å². The topological polar surface area (TPSA) is 67.9 Å². The first-order valence-corrected chi connectivity index (χ1v) is 9.72. The molecule has 1 saturated heterocycles. The largest absolute Gasteiger partial charge is 0.454 e. The van der Waals surface area contributed by atoms with Crippen molar-refractivity contribution >= 4 is 11.8 Å². The summed E-state index contributed by atoms with van der Waals surface area (Å²) in [6.07, 6.45) is 3.22. The maximum atomic E-state index is 12.4. The monoisotopic (exact) mass is 380 g/mol. The number of rotatable bonds is 6. The van der Waals surface area contributed by atoms with Crippen LogP contribution in [0.25, 0.3) is 0 Å². The Morgan fingerprint density at radius 1 is 0.929 bits per heavy atom. The summed E-state index contributed by atoms with van der Waals surface area (Å²) in [5, 5.41) is 2.94. The Kier molecular flexibility index (Phi) is 5.46. The molecule has 0 spiro atoms. The molecule has 0 unspecified atom stereocenters. The van der Waals surface area contributed by atoms with Gasteiger partial charge in [-0.2, -0.15) is 0 Å². The summed E-state index contributed by atoms with van der Waals surface area (Å²) in [6.45, 7) is 2.40. The highest BCUT2D eigenvalue weighted by atomic mass is 16.7. The smallest absolute Gasteiger partial charge is 0.253 e. The van der Waals surface area contributed by atoms with Gasteiger partial charge in [-0.25, -0.2) is 0 Å². The molecule has 6 nitrogen and oxygen atoms in total. The maximum absolute atomic E-state index is 12.4. The van der Waals surface area contributed by atoms with E-state index < -0.39 is 0 Å². The predicted octanol–water partition coefficient (Wildman–Crippen LogP) is 2.90. The third-order valence-corrected chi connectivity index (χ3v) is 5.16. The average molecular weight is 380 g/mol. The van der Waals surface area contributed by atoms with E-state index in [2.05, 4.69) is 5.32 Å². The summed E-state index contributed by atoms with van der Waals surface area (Å²) < 4.78 is 10.7. The van der Waals surface area contributed by atoms with Crippen molar-refractivity contribution in [1.82, 2.24) is 10.2 Å². The van der Waals surface area contributed by atoms with Crippen molar-refractivity contribution in [2.24, 2.45) is 0 Å². The Bertz CT molecular complexity index is 857. The maximum Gasteiger partial charge on any atom is 0.253 e. The Morgan fingerprint density at radius 2 is 1.64 bits per heavy atom. The van der Waals surface area contributed by atoms with Gasteiger partial charge in [-0.3, -0.25) is 9.59 Å². The number of hydrogen-bond acceptors (Lipinski definition) is 4. The summed E-state index contributed by atoms with van der Waals surface area (Å²) in [7, 11) is 0. The zero-order chi connectivity index (χ0) is 19.3. The van der Waals surface area contributed by atoms with E-state index in [0.717, 1.165) is 48.6 Å². The average Bonchev–Trinajstić information content (AvgIpc) is 3.42. The van der Waals surface area contributed by atoms with Crippen LogP contribution in [0, 0.1) is 0 Å². The van der Waals surface area contributed by atoms with Gasteiger partial charge in [-0.15, -0.1) is 0 Å². The van der Waals surface area contributed by atoms with Crippen molar-refractivity contribution < 1.29 is 19.1 Å². The number of amides is 2. The number of nitrogens with one attached hydrogen (secondary N) is 1. The fourth-order valence-corrected chi connectivity index (χ4v) is 3.51. The predicted molar refractivity (Wildman–Crippen MR) is 104 cm³/mol. The Balaban J connectivity index is 1.23. The number of ether oxygens (including phenoxy) is 2. The van der Waals surface area contributed by atoms with E-state index in [1.165, 1.54) is 0 Å². The number of likely N-dealkylation sites (tertiary alicyclic amines) is 1. The minimum absolute atomic E-state index is 0.00473. The molecule has 0 saturated carbocycles. The minimum Gasteiger partial charge on any atom is -0.454 e. The van der Waals surface area contributed by atoms with Gasteiger partial charge in [0.05, 0.1) is 0 Å². The van der Waals surface area contributed by atoms with E-state index in [0.29, 0.717) is 24.9 Å². The van der Waals surface area contributed by atoms with E-state index in [9.17, 15) is 9.59 Å². The number of hydrogen-bond donors (Lipinski definition) is 1. The third-order valence-electron chi connectivity index (χ3n) is 5.16. The van der Waals surface area contributed by atoms with Gasteiger partial charge in [0, 0.05) is 31.6 Å². The molecule has 4 rings (SSSR count). The molecule has 6 heteroatoms. The molecule has 0 aromatic heterocycles. The number of benzene rings is 2. The fraction of sp³-hybridized carbons (Fsp3) is 0.364. The van der Waals surface area contributed by atoms with Crippen molar-refractivity contribution in [3.05, 3.63) is 59.2 Å². The van der Waals surface area contributed by atoms with Gasteiger partial charge >= 0.3 is 0 Å². The van der Waals surface area contributed by atoms with Gasteiger partial charge in [-0.1, -0.05) is 18.2 Å². The molecule has 2 aliphatic heterocycles. The van der Waals surface area contributed by atoms with E-state index in [1.807, 2.05) is 47.4 Å². The first kappa shape index (κ1) is 18.3. The summed E-state index contributed by atoms with van der Waals surface area (Å²) in [6, 6.07) is 13.2. The first-order valence-electron chi connectivity index (χ1n) is 9.72. The van der Waals surface area contributed by atoms with Crippen LogP contribution in [0.1, 0.15) is 40.7 Å². The molecular formula is C22H24N2O4. The number of nitrogens with zero attached hydrogens (tertiary/aromatic N) is 1. The molecule has 0 aliphatic carbocycles. The molecule has 0 atom stereocenters. The van der Waals surface area contributed by atoms with Gasteiger partial charge in [0.2, 0.25) is 12.7 Å². The molecule has 2 aromatic carbocycles. The van der Waals surface area contributed by atoms with Gasteiger partial charge in [-0.05, 0) is 54.7 Å². The summed E-state index contributed by atoms with van der Waals surface area (Å²) in [5.41, 5.74) is 2.73. The van der Waals surface area contributed by atoms with Crippen LogP contribution in [0.3, 0.4) is 0 Å². The molecule has 1 fully saturated rings. The van der Waals surface area contributed by atoms with Crippen molar-refractivity contribution in [3.63, 3.8) is 0 Å². The van der Waals surface area contributed by atoms with Crippen molar-refractivity contribution in [2.45, 2.75) is 32.2 Å². The Labute approximate surface area is 164 Å². The van der Waals surface area contributed by atoms with Gasteiger partial charge in [0.1, 0.15) is 0 Å². The number of aryl methyl sites for hydroxylation is 1. The van der Waals surface area contributed by atoms with Crippen LogP contribution in [-0.4, -0.2) is 36.6 Å². The fourth-order valence-electron chi connectivity index (χ4n) is 3.51. The molecular weight excluding hydrogens is 356 g/mol. The second-order valence-electron chi connectivity index (χ2n) is 7.16. The Hall–Kier alpha value is -3.02. The van der Waals surface area contributed by atoms with Crippen LogP contribution < -0.4 is 14.8 Å². The quantitative estimate of drug-likeness (QED) is 0.837. The molecule has 2 amide bonds. The lowest BCUT2D eigenvalue weighted by atomic mass is 10.1. The molecule has 28 heavy (non-hydrogen) atoms. The van der Waals surface area contributed by atoms with Gasteiger partial charge in [0.15, 0.2) is 11.5 Å². The molecule has 0 radical (unpaired) electrons. The summed E-state index contributed by atoms with van der Waals surface area (Å²) in [4.78, 5) is 26.4. The lowest BCUT2D eigenvalue weighted by molar-refractivity contribution is -0.121. The van der Waals surface area contributed by atoms with E-state index >= 15 is 0 Å². The van der Waals surface area contributed by atoms with Crippen molar-refractivity contribution in [1.29, 1.82) is 0 Å². The molecule has 2 heterocycles. The normalized spacial score (nSPS) is 14.9. The molecule has 0 bridgehead atoms. The van der Waals surface area contributed by atoms with Crippen LogP contribution in [0.2, 0.25) is 0 Å². The third kappa shape index (κ3) is 4.27. The zero-order valence-electron chi connectivity index (χ0n) is 15.8. The van der Waals surface area contributed by atoms with E-state index in [-0.39, 0.29) is 18.6 Å². The van der Waals surface area contributed by atoms with Crippen LogP contribution in [-0.2, 0) is 17.8 Å². The second kappa shape index (κ2) is 8.33. The first-order chi connectivity index (χ1) is 13.7. The molecule has 1 N–H and O–H groups in total. The lowest BCUT2D eigenvalue weighted by Gasteiger charge is -2.15. The van der Waals surface area contributed by atoms with Crippen molar-refractivity contribution in [2.75, 3.05) is 19.9 Å². The highest BCUT2D eigenvalue weighted by molar-refractivity contribution is 5.94. The number of fused-ring (bicyclic) bond motifs is 1. The lowest BCUT2D eigenvalue weighted by Crippen LogP contribution is -2.27. The zero-order valence-corrected chi connectivity index (χ0v) is 15.8. The molecule has 146 valence electrons. The highest BCUT2D eigenvalue weighted by Crippen LogP contribution is 2.32. The van der Waals surface area contributed by atoms with Crippen molar-refractivity contribution in [3.8, 4) is 11.5 Å². The van der Waals surface area contributed by atoms with Gasteiger partial charge in [0.25, 0.3) is 5.91 Å². The second-order valence-corrected chi connectivity index (χ2v) is 7.16. The van der Waals surface area contributed by atoms with Crippen LogP contribution in [0.5, 0.6) is 11.5 Å². The van der Waals surface area contributed by atoms with Crippen LogP contribution in [0.15, 0.2) is 42.5 Å². The minimum atomic E-state index is -0.00473. The number of carbonyl (C=O) groups excluding carboxylic acids is 2. The van der Waals surface area contributed by atoms with Gasteiger partial charge < -0.3 is 19.7 Å². The summed E-state index contributed by atoms with van der Waals surface area (Å²) >= 11 is 0. The van der Waals surface area contributed by atoms with E-state index in [1.54, 1.807) is 0 Å². The molecule has 2 aromatic rings. The van der Waals surface area contributed by atoms with Crippen LogP contribution in [0.4, 0.5) is 0 Å². The standard InChI is InChI=1S/C22H24N2O4/c25-21(10-6-16-5-9-19-20(13-16)28-15-27-19)23-14-17-3-7-18(8-4-17)22(26)24-11-1-2-12-24/h3-5,7-9,13H,1-2,6,10-12,14-15H2,(H,23,25). The summed E-state index contributed by atoms with van der Waals surface area (Å²) in [5.74, 6) is 1.58. The van der Waals surface area contributed by atoms with E-state index in [4.69, 9.17) is 9.47 Å². The highest BCUT2D eigenvalue weighted by Gasteiger charge is 2.19. The molecule has 2 aliphatic rings.